The van der Waals surface area contributed by atoms with E-state index in [-0.39, 0.29) is 6.10 Å². The summed E-state index contributed by atoms with van der Waals surface area (Å²) >= 11 is 0. The second kappa shape index (κ2) is 4.62. The van der Waals surface area contributed by atoms with Crippen molar-refractivity contribution in [2.45, 2.75) is 76.7 Å². The van der Waals surface area contributed by atoms with E-state index in [9.17, 15) is 5.11 Å². The van der Waals surface area contributed by atoms with E-state index in [0.717, 1.165) is 36.5 Å². The maximum Gasteiger partial charge on any atom is 0.0543 e. The van der Waals surface area contributed by atoms with Gasteiger partial charge in [0, 0.05) is 11.1 Å². The van der Waals surface area contributed by atoms with Crippen molar-refractivity contribution in [3.8, 4) is 0 Å². The molecular formula is C20H30N2O. The zero-order valence-electron chi connectivity index (χ0n) is 14.5. The van der Waals surface area contributed by atoms with Crippen molar-refractivity contribution in [1.29, 1.82) is 0 Å². The van der Waals surface area contributed by atoms with Crippen LogP contribution >= 0.6 is 0 Å². The molecule has 4 aliphatic carbocycles. The molecule has 0 bridgehead atoms. The summed E-state index contributed by atoms with van der Waals surface area (Å²) in [5, 5.41) is 17.8. The van der Waals surface area contributed by atoms with E-state index in [0.29, 0.717) is 10.8 Å². The minimum Gasteiger partial charge on any atom is -0.393 e. The smallest absolute Gasteiger partial charge is 0.0543 e. The number of aromatic nitrogens is 2. The van der Waals surface area contributed by atoms with Crippen LogP contribution in [0.15, 0.2) is 6.20 Å². The number of aromatic amines is 1. The molecule has 0 aromatic carbocycles. The fourth-order valence-electron chi connectivity index (χ4n) is 7.44. The summed E-state index contributed by atoms with van der Waals surface area (Å²) in [5.74, 6) is 3.34. The van der Waals surface area contributed by atoms with Gasteiger partial charge in [0.2, 0.25) is 0 Å². The van der Waals surface area contributed by atoms with Crippen LogP contribution in [0.25, 0.3) is 0 Å². The first kappa shape index (κ1) is 14.5. The normalized spacial score (nSPS) is 51.5. The average molecular weight is 314 g/mol. The fourth-order valence-corrected chi connectivity index (χ4v) is 7.44. The summed E-state index contributed by atoms with van der Waals surface area (Å²) in [6, 6.07) is 0. The summed E-state index contributed by atoms with van der Waals surface area (Å²) in [6.07, 6.45) is 12.0. The molecule has 2 N–H and O–H groups in total. The van der Waals surface area contributed by atoms with Crippen LogP contribution in [-0.2, 0) is 11.8 Å². The van der Waals surface area contributed by atoms with Crippen molar-refractivity contribution >= 4 is 0 Å². The first-order valence-corrected chi connectivity index (χ1v) is 9.73. The van der Waals surface area contributed by atoms with Gasteiger partial charge in [0.25, 0.3) is 0 Å². The maximum absolute atomic E-state index is 10.1. The number of nitrogens with one attached hydrogen (secondary N) is 1. The van der Waals surface area contributed by atoms with Crippen molar-refractivity contribution in [2.75, 3.05) is 0 Å². The molecule has 3 nitrogen and oxygen atoms in total. The van der Waals surface area contributed by atoms with E-state index in [2.05, 4.69) is 30.2 Å². The number of rotatable bonds is 0. The van der Waals surface area contributed by atoms with Gasteiger partial charge in [-0.15, -0.1) is 0 Å². The average Bonchev–Trinajstić information content (AvgIpc) is 3.09. The minimum absolute atomic E-state index is 0.0316. The summed E-state index contributed by atoms with van der Waals surface area (Å²) in [4.78, 5) is 0. The quantitative estimate of drug-likeness (QED) is 0.764. The maximum atomic E-state index is 10.1. The Bertz CT molecular complexity index is 625. The zero-order chi connectivity index (χ0) is 15.8. The Balaban J connectivity index is 1.49. The molecule has 0 unspecified atom stereocenters. The van der Waals surface area contributed by atoms with Gasteiger partial charge in [0.15, 0.2) is 0 Å². The van der Waals surface area contributed by atoms with Crippen LogP contribution in [-0.4, -0.2) is 21.4 Å². The van der Waals surface area contributed by atoms with Gasteiger partial charge in [0.1, 0.15) is 0 Å². The lowest BCUT2D eigenvalue weighted by Crippen LogP contribution is -2.54. The molecule has 4 aliphatic rings. The molecule has 0 saturated heterocycles. The molecule has 1 aromatic rings. The van der Waals surface area contributed by atoms with Crippen molar-refractivity contribution < 1.29 is 5.11 Å². The van der Waals surface area contributed by atoms with Crippen molar-refractivity contribution in [1.82, 2.24) is 10.2 Å². The summed E-state index contributed by atoms with van der Waals surface area (Å²) < 4.78 is 0. The van der Waals surface area contributed by atoms with Crippen LogP contribution in [0.5, 0.6) is 0 Å². The van der Waals surface area contributed by atoms with Crippen LogP contribution in [0.3, 0.4) is 0 Å². The van der Waals surface area contributed by atoms with Gasteiger partial charge < -0.3 is 5.11 Å². The molecule has 0 aliphatic heterocycles. The molecule has 3 heteroatoms. The molecule has 1 aromatic heterocycles. The van der Waals surface area contributed by atoms with Crippen LogP contribution in [0.2, 0.25) is 0 Å². The third-order valence-electron chi connectivity index (χ3n) is 8.76. The molecule has 3 fully saturated rings. The highest BCUT2D eigenvalue weighted by molar-refractivity contribution is 5.35. The second-order valence-electron chi connectivity index (χ2n) is 9.52. The Hall–Kier alpha value is -0.830. The Morgan fingerprint density at radius 3 is 2.87 bits per heavy atom. The number of hydrogen-bond donors (Lipinski definition) is 2. The molecule has 5 rings (SSSR count). The highest BCUT2D eigenvalue weighted by Gasteiger charge is 2.59. The Morgan fingerprint density at radius 1 is 1.13 bits per heavy atom. The van der Waals surface area contributed by atoms with Crippen LogP contribution in [0.4, 0.5) is 0 Å². The molecule has 23 heavy (non-hydrogen) atoms. The van der Waals surface area contributed by atoms with Crippen LogP contribution < -0.4 is 0 Å². The SMILES string of the molecule is C[C@]12CC[C@H](O)C[C@@H]1CC[C@@H]1[C@@H]2CC[C@]2(C)c3[nH]ncc3C[C@@H]12. The van der Waals surface area contributed by atoms with E-state index in [1.54, 1.807) is 0 Å². The molecule has 0 radical (unpaired) electrons. The van der Waals surface area contributed by atoms with Crippen molar-refractivity contribution in [3.63, 3.8) is 0 Å². The van der Waals surface area contributed by atoms with Crippen molar-refractivity contribution in [3.05, 3.63) is 17.5 Å². The van der Waals surface area contributed by atoms with Gasteiger partial charge in [-0.2, -0.15) is 5.10 Å². The lowest BCUT2D eigenvalue weighted by Gasteiger charge is -2.60. The van der Waals surface area contributed by atoms with Gasteiger partial charge in [0.05, 0.1) is 12.3 Å². The monoisotopic (exact) mass is 314 g/mol. The van der Waals surface area contributed by atoms with Gasteiger partial charge >= 0.3 is 0 Å². The summed E-state index contributed by atoms with van der Waals surface area (Å²) in [7, 11) is 0. The van der Waals surface area contributed by atoms with Gasteiger partial charge in [-0.05, 0) is 86.0 Å². The molecule has 3 saturated carbocycles. The van der Waals surface area contributed by atoms with Crippen LogP contribution in [0, 0.1) is 29.1 Å². The first-order valence-electron chi connectivity index (χ1n) is 9.73. The largest absolute Gasteiger partial charge is 0.393 e. The van der Waals surface area contributed by atoms with Gasteiger partial charge in [-0.1, -0.05) is 13.8 Å². The number of aliphatic hydroxyl groups is 1. The Kier molecular flexibility index (Phi) is 2.92. The Labute approximate surface area is 139 Å². The van der Waals surface area contributed by atoms with E-state index < -0.39 is 0 Å². The predicted octanol–water partition coefficient (Wildman–Crippen LogP) is 3.83. The molecule has 1 heterocycles. The zero-order valence-corrected chi connectivity index (χ0v) is 14.5. The van der Waals surface area contributed by atoms with Gasteiger partial charge in [-0.25, -0.2) is 0 Å². The molecule has 7 atom stereocenters. The van der Waals surface area contributed by atoms with Crippen molar-refractivity contribution in [2.24, 2.45) is 29.1 Å². The van der Waals surface area contributed by atoms with E-state index in [4.69, 9.17) is 0 Å². The van der Waals surface area contributed by atoms with E-state index >= 15 is 0 Å². The molecule has 0 amide bonds. The Morgan fingerprint density at radius 2 is 2.00 bits per heavy atom. The topological polar surface area (TPSA) is 48.9 Å². The first-order chi connectivity index (χ1) is 11.0. The summed E-state index contributed by atoms with van der Waals surface area (Å²) in [6.45, 7) is 5.07. The number of fused-ring (bicyclic) bond motifs is 7. The number of hydrogen-bond acceptors (Lipinski definition) is 2. The molecular weight excluding hydrogens is 284 g/mol. The second-order valence-corrected chi connectivity index (χ2v) is 9.52. The highest BCUT2D eigenvalue weighted by atomic mass is 16.3. The lowest BCUT2D eigenvalue weighted by molar-refractivity contribution is -0.111. The highest BCUT2D eigenvalue weighted by Crippen LogP contribution is 2.65. The van der Waals surface area contributed by atoms with Crippen LogP contribution in [0.1, 0.15) is 70.1 Å². The molecule has 126 valence electrons. The standard InChI is InChI=1S/C20H30N2O/c1-19-7-5-14(23)10-13(19)3-4-15-16(19)6-8-20(2)17(15)9-12-11-21-22-18(12)20/h11,13-17,23H,3-10H2,1-2H3,(H,21,22)/t13-,14-,15+,16-,17-,19-,20-/m0/s1. The number of nitrogens with zero attached hydrogens (tertiary/aromatic N) is 1. The minimum atomic E-state index is -0.0316. The van der Waals surface area contributed by atoms with E-state index in [1.807, 2.05) is 0 Å². The van der Waals surface area contributed by atoms with Gasteiger partial charge in [-0.3, -0.25) is 5.10 Å². The number of aliphatic hydroxyl groups excluding tert-OH is 1. The summed E-state index contributed by atoms with van der Waals surface area (Å²) in [5.41, 5.74) is 3.76. The lowest BCUT2D eigenvalue weighted by atomic mass is 9.45. The van der Waals surface area contributed by atoms with E-state index in [1.165, 1.54) is 49.8 Å². The number of H-pyrrole nitrogens is 1. The third-order valence-corrected chi connectivity index (χ3v) is 8.76. The fraction of sp³-hybridized carbons (Fsp3) is 0.850. The third kappa shape index (κ3) is 1.78. The predicted molar refractivity (Wildman–Crippen MR) is 90.0 cm³/mol. The molecule has 0 spiro atoms.